The third-order valence-electron chi connectivity index (χ3n) is 4.19. The first-order chi connectivity index (χ1) is 12.7. The van der Waals surface area contributed by atoms with E-state index < -0.39 is 0 Å². The molecule has 7 heteroatoms. The van der Waals surface area contributed by atoms with Gasteiger partial charge in [-0.05, 0) is 31.2 Å². The van der Waals surface area contributed by atoms with E-state index >= 15 is 0 Å². The van der Waals surface area contributed by atoms with E-state index in [1.165, 1.54) is 5.69 Å². The highest BCUT2D eigenvalue weighted by atomic mass is 127. The number of aromatic nitrogens is 2. The summed E-state index contributed by atoms with van der Waals surface area (Å²) in [6, 6.07) is 15.9. The minimum absolute atomic E-state index is 0. The lowest BCUT2D eigenvalue weighted by Gasteiger charge is -2.21. The highest BCUT2D eigenvalue weighted by Gasteiger charge is 2.08. The summed E-state index contributed by atoms with van der Waals surface area (Å²) in [5.74, 6) is 1.69. The summed E-state index contributed by atoms with van der Waals surface area (Å²) >= 11 is 0. The number of guanidine groups is 1. The monoisotopic (exact) mass is 479 g/mol. The lowest BCUT2D eigenvalue weighted by Crippen LogP contribution is -2.40. The number of aryl methyl sites for hydroxylation is 1. The van der Waals surface area contributed by atoms with Crippen molar-refractivity contribution in [1.82, 2.24) is 19.6 Å². The maximum atomic E-state index is 5.75. The Kier molecular flexibility index (Phi) is 7.90. The maximum absolute atomic E-state index is 5.75. The number of nitrogens with zero attached hydrogens (tertiary/aromatic N) is 4. The highest BCUT2D eigenvalue weighted by Crippen LogP contribution is 2.09. The van der Waals surface area contributed by atoms with Crippen molar-refractivity contribution in [3.63, 3.8) is 0 Å². The van der Waals surface area contributed by atoms with Gasteiger partial charge in [0.15, 0.2) is 5.96 Å². The Morgan fingerprint density at radius 2 is 1.96 bits per heavy atom. The summed E-state index contributed by atoms with van der Waals surface area (Å²) in [5.41, 5.74) is 3.11. The van der Waals surface area contributed by atoms with Crippen LogP contribution in [0.1, 0.15) is 11.4 Å². The van der Waals surface area contributed by atoms with Crippen LogP contribution in [0.3, 0.4) is 0 Å². The summed E-state index contributed by atoms with van der Waals surface area (Å²) in [4.78, 5) is 11.0. The number of imidazole rings is 1. The van der Waals surface area contributed by atoms with E-state index in [1.807, 2.05) is 54.4 Å². The van der Waals surface area contributed by atoms with Crippen molar-refractivity contribution < 1.29 is 4.74 Å². The predicted octanol–water partition coefficient (Wildman–Crippen LogP) is 3.35. The average molecular weight is 479 g/mol. The Labute approximate surface area is 177 Å². The molecule has 2 heterocycles. The highest BCUT2D eigenvalue weighted by molar-refractivity contribution is 14.0. The number of para-hydroxylation sites is 1. The number of aliphatic imine (C=N–C) groups is 1. The number of likely N-dealkylation sites (N-methyl/N-ethyl adjacent to an activating group) is 1. The molecule has 0 radical (unpaired) electrons. The zero-order valence-corrected chi connectivity index (χ0v) is 18.3. The zero-order chi connectivity index (χ0) is 18.4. The van der Waals surface area contributed by atoms with E-state index in [9.17, 15) is 0 Å². The second-order valence-corrected chi connectivity index (χ2v) is 6.11. The fourth-order valence-corrected chi connectivity index (χ4v) is 2.76. The lowest BCUT2D eigenvalue weighted by molar-refractivity contribution is 0.281. The van der Waals surface area contributed by atoms with Crippen molar-refractivity contribution in [3.05, 3.63) is 66.1 Å². The lowest BCUT2D eigenvalue weighted by atomic mass is 10.3. The van der Waals surface area contributed by atoms with E-state index in [2.05, 4.69) is 38.9 Å². The molecule has 0 amide bonds. The molecule has 0 aliphatic rings. The molecular weight excluding hydrogens is 453 g/mol. The first kappa shape index (κ1) is 21.0. The molecule has 0 unspecified atom stereocenters. The molecule has 1 aromatic carbocycles. The van der Waals surface area contributed by atoms with Gasteiger partial charge in [0.25, 0.3) is 0 Å². The van der Waals surface area contributed by atoms with Crippen LogP contribution in [0.25, 0.3) is 5.65 Å². The Hall–Kier alpha value is -2.29. The number of benzene rings is 1. The standard InChI is InChI=1S/C20H25N5O.HI/c1-16-8-7-11-19-23-17(15-25(16)19)14-22-20(21-2)24(3)12-13-26-18-9-5-4-6-10-18;/h4-11,15H,12-14H2,1-3H3,(H,21,22);1H. The van der Waals surface area contributed by atoms with Gasteiger partial charge in [-0.3, -0.25) is 4.99 Å². The molecule has 0 bridgehead atoms. The van der Waals surface area contributed by atoms with Gasteiger partial charge in [0.2, 0.25) is 0 Å². The quantitative estimate of drug-likeness (QED) is 0.335. The van der Waals surface area contributed by atoms with Gasteiger partial charge in [-0.25, -0.2) is 4.98 Å². The largest absolute Gasteiger partial charge is 0.492 e. The van der Waals surface area contributed by atoms with E-state index in [4.69, 9.17) is 4.74 Å². The Morgan fingerprint density at radius 3 is 2.67 bits per heavy atom. The van der Waals surface area contributed by atoms with Crippen LogP contribution in [0.15, 0.2) is 59.7 Å². The number of nitrogens with one attached hydrogen (secondary N) is 1. The minimum atomic E-state index is 0. The Bertz CT molecular complexity index is 878. The van der Waals surface area contributed by atoms with E-state index in [1.54, 1.807) is 7.05 Å². The summed E-state index contributed by atoms with van der Waals surface area (Å²) in [5, 5.41) is 3.36. The molecule has 3 rings (SSSR count). The number of halogens is 1. The topological polar surface area (TPSA) is 54.2 Å². The Balaban J connectivity index is 0.00000261. The van der Waals surface area contributed by atoms with Crippen molar-refractivity contribution in [2.24, 2.45) is 4.99 Å². The second kappa shape index (κ2) is 10.1. The normalized spacial score (nSPS) is 11.1. The van der Waals surface area contributed by atoms with Crippen LogP contribution >= 0.6 is 24.0 Å². The molecule has 0 fully saturated rings. The van der Waals surface area contributed by atoms with E-state index in [0.717, 1.165) is 29.6 Å². The van der Waals surface area contributed by atoms with Gasteiger partial charge in [0.05, 0.1) is 18.8 Å². The third kappa shape index (κ3) is 5.59. The van der Waals surface area contributed by atoms with Gasteiger partial charge in [-0.2, -0.15) is 0 Å². The number of fused-ring (bicyclic) bond motifs is 1. The van der Waals surface area contributed by atoms with E-state index in [-0.39, 0.29) is 24.0 Å². The van der Waals surface area contributed by atoms with Gasteiger partial charge in [-0.1, -0.05) is 24.3 Å². The van der Waals surface area contributed by atoms with Gasteiger partial charge < -0.3 is 19.4 Å². The second-order valence-electron chi connectivity index (χ2n) is 6.11. The molecule has 1 N–H and O–H groups in total. The van der Waals surface area contributed by atoms with Crippen LogP contribution in [0.4, 0.5) is 0 Å². The average Bonchev–Trinajstić information content (AvgIpc) is 3.08. The molecule has 0 spiro atoms. The molecule has 0 saturated heterocycles. The van der Waals surface area contributed by atoms with Crippen LogP contribution in [-0.2, 0) is 6.54 Å². The minimum Gasteiger partial charge on any atom is -0.492 e. The van der Waals surface area contributed by atoms with Crippen LogP contribution in [0.5, 0.6) is 5.75 Å². The molecular formula is C20H26IN5O. The third-order valence-corrected chi connectivity index (χ3v) is 4.19. The smallest absolute Gasteiger partial charge is 0.193 e. The molecule has 0 atom stereocenters. The van der Waals surface area contributed by atoms with Crippen molar-refractivity contribution in [2.45, 2.75) is 13.5 Å². The summed E-state index contributed by atoms with van der Waals surface area (Å²) in [6.07, 6.45) is 2.06. The van der Waals surface area contributed by atoms with Crippen molar-refractivity contribution in [1.29, 1.82) is 0 Å². The fourth-order valence-electron chi connectivity index (χ4n) is 2.76. The number of hydrogen-bond acceptors (Lipinski definition) is 3. The van der Waals surface area contributed by atoms with Gasteiger partial charge in [0, 0.05) is 26.0 Å². The van der Waals surface area contributed by atoms with Crippen molar-refractivity contribution in [3.8, 4) is 5.75 Å². The van der Waals surface area contributed by atoms with Gasteiger partial charge in [0.1, 0.15) is 18.0 Å². The molecule has 2 aromatic heterocycles. The maximum Gasteiger partial charge on any atom is 0.193 e. The molecule has 0 aliphatic carbocycles. The summed E-state index contributed by atoms with van der Waals surface area (Å²) in [6.45, 7) is 4.02. The SMILES string of the molecule is CN=C(NCc1cn2c(C)cccc2n1)N(C)CCOc1ccccc1.I. The molecule has 27 heavy (non-hydrogen) atoms. The molecule has 144 valence electrons. The van der Waals surface area contributed by atoms with Gasteiger partial charge >= 0.3 is 0 Å². The Morgan fingerprint density at radius 1 is 1.19 bits per heavy atom. The van der Waals surface area contributed by atoms with Crippen LogP contribution < -0.4 is 10.1 Å². The molecule has 0 saturated carbocycles. The summed E-state index contributed by atoms with van der Waals surface area (Å²) < 4.78 is 7.84. The summed E-state index contributed by atoms with van der Waals surface area (Å²) in [7, 11) is 3.78. The number of pyridine rings is 1. The first-order valence-corrected chi connectivity index (χ1v) is 8.70. The molecule has 6 nitrogen and oxygen atoms in total. The van der Waals surface area contributed by atoms with Crippen molar-refractivity contribution >= 4 is 35.6 Å². The van der Waals surface area contributed by atoms with Crippen molar-refractivity contribution in [2.75, 3.05) is 27.2 Å². The zero-order valence-electron chi connectivity index (χ0n) is 15.9. The van der Waals surface area contributed by atoms with Crippen LogP contribution in [-0.4, -0.2) is 47.5 Å². The fraction of sp³-hybridized carbons (Fsp3) is 0.300. The van der Waals surface area contributed by atoms with Crippen LogP contribution in [0.2, 0.25) is 0 Å². The number of rotatable bonds is 6. The predicted molar refractivity (Wildman–Crippen MR) is 120 cm³/mol. The number of hydrogen-bond donors (Lipinski definition) is 1. The first-order valence-electron chi connectivity index (χ1n) is 8.70. The van der Waals surface area contributed by atoms with E-state index in [0.29, 0.717) is 13.2 Å². The molecule has 3 aromatic rings. The number of ether oxygens (including phenoxy) is 1. The molecule has 0 aliphatic heterocycles. The van der Waals surface area contributed by atoms with Crippen LogP contribution in [0, 0.1) is 6.92 Å². The van der Waals surface area contributed by atoms with Gasteiger partial charge in [-0.15, -0.1) is 24.0 Å².